The Labute approximate surface area is 236 Å². The highest BCUT2D eigenvalue weighted by molar-refractivity contribution is 5.87. The van der Waals surface area contributed by atoms with E-state index in [-0.39, 0.29) is 10.8 Å². The number of rotatable bonds is 5. The molecule has 2 aromatic carbocycles. The minimum Gasteiger partial charge on any atom is -0.356 e. The molecule has 4 aromatic rings. The van der Waals surface area contributed by atoms with Crippen molar-refractivity contribution in [1.82, 2.24) is 20.3 Å². The number of aromatic nitrogens is 3. The molecule has 0 radical (unpaired) electrons. The summed E-state index contributed by atoms with van der Waals surface area (Å²) in [4.78, 5) is 13.9. The van der Waals surface area contributed by atoms with Crippen LogP contribution in [0.4, 0.5) is 23.4 Å². The molecule has 6 rings (SSSR count). The average molecular weight is 570 g/mol. The summed E-state index contributed by atoms with van der Waals surface area (Å²) < 4.78 is 53.0. The van der Waals surface area contributed by atoms with E-state index in [1.165, 1.54) is 24.3 Å². The van der Waals surface area contributed by atoms with Crippen molar-refractivity contribution in [3.63, 3.8) is 0 Å². The molecule has 2 fully saturated rings. The molecule has 0 amide bonds. The lowest BCUT2D eigenvalue weighted by atomic mass is 9.72. The molecular weight excluding hydrogens is 534 g/mol. The van der Waals surface area contributed by atoms with Crippen LogP contribution < -0.4 is 21.7 Å². The average Bonchev–Trinajstić information content (AvgIpc) is 3.50. The first kappa shape index (κ1) is 29.0. The van der Waals surface area contributed by atoms with Gasteiger partial charge in [-0.05, 0) is 80.2 Å². The lowest BCUT2D eigenvalue weighted by Crippen LogP contribution is -2.47. The normalized spacial score (nSPS) is 18.1. The van der Waals surface area contributed by atoms with Crippen LogP contribution in [0.25, 0.3) is 11.0 Å². The summed E-state index contributed by atoms with van der Waals surface area (Å²) in [7, 11) is 0. The van der Waals surface area contributed by atoms with Gasteiger partial charge in [0.15, 0.2) is 23.3 Å². The summed E-state index contributed by atoms with van der Waals surface area (Å²) in [6.07, 6.45) is 6.64. The standard InChI is InChI=1S/C18H19F2N5.C12H16F2N2/c19-14-2-1-12(9-15(14)20)18(10-21)4-7-25(8-5-18)17-13-3-6-22-16(13)23-11-24-17;13-10-2-1-9(7-11(10)14)12(8-15)3-5-16-6-4-12/h1-3,6,9,11H,4-5,7-8,10,21H2,(H,22,23,24);1-2,7,16H,3-6,8,15H2. The highest BCUT2D eigenvalue weighted by Crippen LogP contribution is 2.37. The zero-order valence-electron chi connectivity index (χ0n) is 22.8. The Hall–Kier alpha value is -3.54. The quantitative estimate of drug-likeness (QED) is 0.267. The minimum absolute atomic E-state index is 0.195. The van der Waals surface area contributed by atoms with Gasteiger partial charge >= 0.3 is 0 Å². The van der Waals surface area contributed by atoms with Crippen molar-refractivity contribution in [1.29, 1.82) is 0 Å². The zero-order chi connectivity index (χ0) is 29.0. The van der Waals surface area contributed by atoms with Crippen LogP contribution in [0.2, 0.25) is 0 Å². The summed E-state index contributed by atoms with van der Waals surface area (Å²) in [5.41, 5.74) is 13.7. The molecule has 2 aliphatic heterocycles. The molecule has 4 heterocycles. The maximum Gasteiger partial charge on any atom is 0.159 e. The highest BCUT2D eigenvalue weighted by Gasteiger charge is 2.36. The van der Waals surface area contributed by atoms with Gasteiger partial charge in [0.25, 0.3) is 0 Å². The number of nitrogens with zero attached hydrogens (tertiary/aromatic N) is 3. The van der Waals surface area contributed by atoms with Gasteiger partial charge < -0.3 is 26.7 Å². The van der Waals surface area contributed by atoms with Gasteiger partial charge in [0.1, 0.15) is 17.8 Å². The number of hydrogen-bond acceptors (Lipinski definition) is 6. The van der Waals surface area contributed by atoms with Crippen molar-refractivity contribution in [2.45, 2.75) is 36.5 Å². The molecule has 0 spiro atoms. The summed E-state index contributed by atoms with van der Waals surface area (Å²) in [6, 6.07) is 10.2. The van der Waals surface area contributed by atoms with E-state index in [4.69, 9.17) is 11.5 Å². The molecule has 0 unspecified atom stereocenters. The van der Waals surface area contributed by atoms with E-state index in [9.17, 15) is 17.6 Å². The van der Waals surface area contributed by atoms with Gasteiger partial charge in [-0.1, -0.05) is 12.1 Å². The molecule has 0 saturated carbocycles. The topological polar surface area (TPSA) is 109 Å². The highest BCUT2D eigenvalue weighted by atomic mass is 19.2. The van der Waals surface area contributed by atoms with Crippen LogP contribution >= 0.6 is 0 Å². The number of benzene rings is 2. The zero-order valence-corrected chi connectivity index (χ0v) is 22.8. The third kappa shape index (κ3) is 5.79. The van der Waals surface area contributed by atoms with Crippen molar-refractivity contribution in [3.8, 4) is 0 Å². The van der Waals surface area contributed by atoms with Gasteiger partial charge in [0, 0.05) is 43.2 Å². The SMILES string of the molecule is NCC1(c2ccc(F)c(F)c2)CCN(c2ncnc3[nH]ccc23)CC1.NCC1(c2ccc(F)c(F)c2)CCNCC1. The molecule has 0 aliphatic carbocycles. The molecule has 41 heavy (non-hydrogen) atoms. The van der Waals surface area contributed by atoms with Gasteiger partial charge in [0.05, 0.1) is 5.39 Å². The maximum atomic E-state index is 13.7. The fraction of sp³-hybridized carbons (Fsp3) is 0.400. The summed E-state index contributed by atoms with van der Waals surface area (Å²) in [5.74, 6) is -2.35. The van der Waals surface area contributed by atoms with Crippen LogP contribution in [0.5, 0.6) is 0 Å². The van der Waals surface area contributed by atoms with E-state index in [0.717, 1.165) is 79.8 Å². The smallest absolute Gasteiger partial charge is 0.159 e. The number of nitrogens with one attached hydrogen (secondary N) is 2. The molecule has 11 heteroatoms. The Morgan fingerprint density at radius 1 is 0.732 bits per heavy atom. The van der Waals surface area contributed by atoms with Crippen molar-refractivity contribution in [3.05, 3.63) is 89.4 Å². The largest absolute Gasteiger partial charge is 0.356 e. The third-order valence-corrected chi connectivity index (χ3v) is 8.76. The predicted molar refractivity (Wildman–Crippen MR) is 152 cm³/mol. The Morgan fingerprint density at radius 3 is 1.83 bits per heavy atom. The number of halogens is 4. The van der Waals surface area contributed by atoms with Crippen molar-refractivity contribution in [2.75, 3.05) is 44.2 Å². The van der Waals surface area contributed by atoms with Gasteiger partial charge in [-0.25, -0.2) is 27.5 Å². The van der Waals surface area contributed by atoms with Gasteiger partial charge in [-0.15, -0.1) is 0 Å². The summed E-state index contributed by atoms with van der Waals surface area (Å²) in [6.45, 7) is 4.10. The number of piperidine rings is 2. The van der Waals surface area contributed by atoms with E-state index in [1.54, 1.807) is 18.5 Å². The van der Waals surface area contributed by atoms with Crippen LogP contribution in [-0.2, 0) is 10.8 Å². The minimum atomic E-state index is -0.829. The first-order valence-electron chi connectivity index (χ1n) is 13.9. The van der Waals surface area contributed by atoms with Crippen LogP contribution in [0.3, 0.4) is 0 Å². The Kier molecular flexibility index (Phi) is 8.58. The van der Waals surface area contributed by atoms with Crippen LogP contribution in [0.15, 0.2) is 55.0 Å². The van der Waals surface area contributed by atoms with E-state index in [1.807, 2.05) is 12.3 Å². The molecular formula is C30H35F4N7. The van der Waals surface area contributed by atoms with Crippen LogP contribution in [0.1, 0.15) is 36.8 Å². The van der Waals surface area contributed by atoms with Crippen molar-refractivity contribution in [2.24, 2.45) is 11.5 Å². The van der Waals surface area contributed by atoms with E-state index >= 15 is 0 Å². The lowest BCUT2D eigenvalue weighted by molar-refractivity contribution is 0.314. The predicted octanol–water partition coefficient (Wildman–Crippen LogP) is 4.28. The molecule has 218 valence electrons. The van der Waals surface area contributed by atoms with Crippen LogP contribution in [-0.4, -0.2) is 54.2 Å². The number of aromatic amines is 1. The van der Waals surface area contributed by atoms with Crippen LogP contribution in [0, 0.1) is 23.3 Å². The monoisotopic (exact) mass is 569 g/mol. The molecule has 2 saturated heterocycles. The summed E-state index contributed by atoms with van der Waals surface area (Å²) >= 11 is 0. The fourth-order valence-electron chi connectivity index (χ4n) is 6.04. The number of anilines is 1. The van der Waals surface area contributed by atoms with Crippen molar-refractivity contribution < 1.29 is 17.6 Å². The lowest BCUT2D eigenvalue weighted by Gasteiger charge is -2.42. The Balaban J connectivity index is 0.000000182. The van der Waals surface area contributed by atoms with E-state index < -0.39 is 23.3 Å². The summed E-state index contributed by atoms with van der Waals surface area (Å²) in [5, 5.41) is 4.23. The molecule has 0 atom stereocenters. The molecule has 2 aliphatic rings. The molecule has 6 N–H and O–H groups in total. The number of hydrogen-bond donors (Lipinski definition) is 4. The number of H-pyrrole nitrogens is 1. The van der Waals surface area contributed by atoms with Gasteiger partial charge in [-0.2, -0.15) is 0 Å². The molecule has 2 aromatic heterocycles. The third-order valence-electron chi connectivity index (χ3n) is 8.76. The van der Waals surface area contributed by atoms with Gasteiger partial charge in [0.2, 0.25) is 0 Å². The second kappa shape index (κ2) is 12.1. The number of fused-ring (bicyclic) bond motifs is 1. The Morgan fingerprint density at radius 2 is 1.29 bits per heavy atom. The molecule has 0 bridgehead atoms. The number of nitrogens with two attached hydrogens (primary N) is 2. The second-order valence-electron chi connectivity index (χ2n) is 10.9. The van der Waals surface area contributed by atoms with E-state index in [0.29, 0.717) is 13.1 Å². The molecule has 7 nitrogen and oxygen atoms in total. The fourth-order valence-corrected chi connectivity index (χ4v) is 6.04. The first-order valence-corrected chi connectivity index (χ1v) is 13.9. The maximum absolute atomic E-state index is 13.7. The Bertz CT molecular complexity index is 1480. The van der Waals surface area contributed by atoms with Gasteiger partial charge in [-0.3, -0.25) is 0 Å². The second-order valence-corrected chi connectivity index (χ2v) is 10.9. The van der Waals surface area contributed by atoms with E-state index in [2.05, 4.69) is 25.2 Å². The first-order chi connectivity index (χ1) is 19.8. The van der Waals surface area contributed by atoms with Crippen molar-refractivity contribution >= 4 is 16.9 Å².